The Kier molecular flexibility index (Phi) is 2.19. The maximum Gasteiger partial charge on any atom is 0.0400 e. The van der Waals surface area contributed by atoms with Crippen LogP contribution < -0.4 is 10.6 Å². The van der Waals surface area contributed by atoms with Gasteiger partial charge in [0.15, 0.2) is 0 Å². The minimum Gasteiger partial charge on any atom is -0.370 e. The number of nitrogens with two attached hydrogens (primary N) is 1. The molecule has 0 aliphatic carbocycles. The Labute approximate surface area is 78.6 Å². The van der Waals surface area contributed by atoms with Crippen molar-refractivity contribution in [2.24, 2.45) is 5.73 Å². The third kappa shape index (κ3) is 1.80. The Morgan fingerprint density at radius 1 is 1.62 bits per heavy atom. The lowest BCUT2D eigenvalue weighted by atomic mass is 10.3. The molecule has 70 valence electrons. The molecule has 0 saturated carbocycles. The highest BCUT2D eigenvalue weighted by Crippen LogP contribution is 2.19. The third-order valence-electron chi connectivity index (χ3n) is 2.47. The zero-order chi connectivity index (χ0) is 9.26. The number of anilines is 1. The summed E-state index contributed by atoms with van der Waals surface area (Å²) in [5, 5.41) is 0. The summed E-state index contributed by atoms with van der Waals surface area (Å²) in [7, 11) is 0. The molecule has 1 atom stereocenters. The van der Waals surface area contributed by atoms with Crippen LogP contribution in [0.5, 0.6) is 0 Å². The van der Waals surface area contributed by atoms with Crippen molar-refractivity contribution in [2.75, 3.05) is 18.0 Å². The Bertz CT molecular complexity index is 298. The first kappa shape index (κ1) is 8.51. The van der Waals surface area contributed by atoms with Gasteiger partial charge in [-0.1, -0.05) is 0 Å². The van der Waals surface area contributed by atoms with Crippen molar-refractivity contribution in [1.82, 2.24) is 4.98 Å². The number of pyridine rings is 1. The van der Waals surface area contributed by atoms with Crippen LogP contribution in [0.3, 0.4) is 0 Å². The van der Waals surface area contributed by atoms with E-state index in [-0.39, 0.29) is 0 Å². The third-order valence-corrected chi connectivity index (χ3v) is 2.47. The number of rotatable bonds is 1. The van der Waals surface area contributed by atoms with Crippen molar-refractivity contribution in [1.29, 1.82) is 0 Å². The van der Waals surface area contributed by atoms with E-state index in [9.17, 15) is 0 Å². The van der Waals surface area contributed by atoms with Crippen molar-refractivity contribution in [3.05, 3.63) is 24.0 Å². The second-order valence-corrected chi connectivity index (χ2v) is 3.65. The zero-order valence-corrected chi connectivity index (χ0v) is 7.90. The lowest BCUT2D eigenvalue weighted by Gasteiger charge is -2.17. The molecule has 3 heteroatoms. The molecule has 1 saturated heterocycles. The van der Waals surface area contributed by atoms with Crippen molar-refractivity contribution in [3.8, 4) is 0 Å². The van der Waals surface area contributed by atoms with Crippen LogP contribution in [-0.4, -0.2) is 24.1 Å². The fraction of sp³-hybridized carbons (Fsp3) is 0.500. The van der Waals surface area contributed by atoms with E-state index in [0.29, 0.717) is 6.04 Å². The molecule has 13 heavy (non-hydrogen) atoms. The quantitative estimate of drug-likeness (QED) is 0.693. The summed E-state index contributed by atoms with van der Waals surface area (Å²) in [6.07, 6.45) is 2.95. The van der Waals surface area contributed by atoms with E-state index in [2.05, 4.69) is 16.0 Å². The highest BCUT2D eigenvalue weighted by molar-refractivity contribution is 5.47. The van der Waals surface area contributed by atoms with Gasteiger partial charge in [0.1, 0.15) is 0 Å². The molecule has 0 amide bonds. The Balaban J connectivity index is 2.16. The molecule has 1 aliphatic heterocycles. The van der Waals surface area contributed by atoms with E-state index >= 15 is 0 Å². The van der Waals surface area contributed by atoms with E-state index in [4.69, 9.17) is 5.73 Å². The van der Waals surface area contributed by atoms with Gasteiger partial charge in [-0.3, -0.25) is 4.98 Å². The van der Waals surface area contributed by atoms with Crippen LogP contribution in [0.15, 0.2) is 18.3 Å². The number of hydrogen-bond acceptors (Lipinski definition) is 3. The van der Waals surface area contributed by atoms with Crippen LogP contribution in [0.25, 0.3) is 0 Å². The molecule has 1 aromatic rings. The number of hydrogen-bond donors (Lipinski definition) is 1. The van der Waals surface area contributed by atoms with E-state index < -0.39 is 0 Å². The van der Waals surface area contributed by atoms with Gasteiger partial charge in [-0.05, 0) is 25.5 Å². The zero-order valence-electron chi connectivity index (χ0n) is 7.90. The first-order valence-corrected chi connectivity index (χ1v) is 4.69. The summed E-state index contributed by atoms with van der Waals surface area (Å²) in [6.45, 7) is 4.06. The lowest BCUT2D eigenvalue weighted by molar-refractivity contribution is 0.752. The minimum atomic E-state index is 0.341. The van der Waals surface area contributed by atoms with Crippen molar-refractivity contribution < 1.29 is 0 Å². The highest BCUT2D eigenvalue weighted by Gasteiger charge is 2.18. The van der Waals surface area contributed by atoms with E-state index in [0.717, 1.165) is 25.2 Å². The number of aromatic nitrogens is 1. The van der Waals surface area contributed by atoms with Crippen LogP contribution in [-0.2, 0) is 0 Å². The largest absolute Gasteiger partial charge is 0.370 e. The smallest absolute Gasteiger partial charge is 0.0400 e. The van der Waals surface area contributed by atoms with Gasteiger partial charge in [0.2, 0.25) is 0 Å². The normalized spacial score (nSPS) is 22.3. The van der Waals surface area contributed by atoms with Gasteiger partial charge in [-0.25, -0.2) is 0 Å². The van der Waals surface area contributed by atoms with Crippen molar-refractivity contribution in [3.63, 3.8) is 0 Å². The Morgan fingerprint density at radius 2 is 2.46 bits per heavy atom. The van der Waals surface area contributed by atoms with Gasteiger partial charge in [0, 0.05) is 36.7 Å². The second kappa shape index (κ2) is 3.34. The van der Waals surface area contributed by atoms with Gasteiger partial charge < -0.3 is 10.6 Å². The lowest BCUT2D eigenvalue weighted by Crippen LogP contribution is -2.26. The van der Waals surface area contributed by atoms with Gasteiger partial charge in [-0.15, -0.1) is 0 Å². The molecule has 2 rings (SSSR count). The summed E-state index contributed by atoms with van der Waals surface area (Å²) >= 11 is 0. The molecule has 0 spiro atoms. The van der Waals surface area contributed by atoms with Crippen LogP contribution in [0.2, 0.25) is 0 Å². The van der Waals surface area contributed by atoms with E-state index in [1.54, 1.807) is 0 Å². The minimum absolute atomic E-state index is 0.341. The molecule has 1 aromatic heterocycles. The molecule has 0 radical (unpaired) electrons. The second-order valence-electron chi connectivity index (χ2n) is 3.65. The van der Waals surface area contributed by atoms with Crippen LogP contribution in [0.4, 0.5) is 5.69 Å². The van der Waals surface area contributed by atoms with Gasteiger partial charge in [-0.2, -0.15) is 0 Å². The molecule has 3 nitrogen and oxygen atoms in total. The maximum absolute atomic E-state index is 5.84. The fourth-order valence-corrected chi connectivity index (χ4v) is 1.75. The molecule has 2 N–H and O–H groups in total. The average molecular weight is 177 g/mol. The first-order valence-electron chi connectivity index (χ1n) is 4.69. The molecule has 2 heterocycles. The molecule has 1 fully saturated rings. The predicted octanol–water partition coefficient (Wildman–Crippen LogP) is 0.927. The SMILES string of the molecule is Cc1cc(N2CCC(N)C2)ccn1. The standard InChI is InChI=1S/C10H15N3/c1-8-6-10(2-4-12-8)13-5-3-9(11)7-13/h2,4,6,9H,3,5,7,11H2,1H3. The van der Waals surface area contributed by atoms with Crippen LogP contribution in [0.1, 0.15) is 12.1 Å². The van der Waals surface area contributed by atoms with Crippen LogP contribution >= 0.6 is 0 Å². The summed E-state index contributed by atoms with van der Waals surface area (Å²) in [4.78, 5) is 6.49. The summed E-state index contributed by atoms with van der Waals surface area (Å²) < 4.78 is 0. The topological polar surface area (TPSA) is 42.1 Å². The van der Waals surface area contributed by atoms with Crippen molar-refractivity contribution in [2.45, 2.75) is 19.4 Å². The van der Waals surface area contributed by atoms with E-state index in [1.807, 2.05) is 19.2 Å². The Morgan fingerprint density at radius 3 is 3.08 bits per heavy atom. The van der Waals surface area contributed by atoms with Gasteiger partial charge in [0.25, 0.3) is 0 Å². The van der Waals surface area contributed by atoms with Gasteiger partial charge >= 0.3 is 0 Å². The van der Waals surface area contributed by atoms with Gasteiger partial charge in [0.05, 0.1) is 0 Å². The Hall–Kier alpha value is -1.09. The maximum atomic E-state index is 5.84. The average Bonchev–Trinajstić information content (AvgIpc) is 2.52. The molecule has 0 bridgehead atoms. The molecule has 0 aromatic carbocycles. The fourth-order valence-electron chi connectivity index (χ4n) is 1.75. The van der Waals surface area contributed by atoms with E-state index in [1.165, 1.54) is 5.69 Å². The van der Waals surface area contributed by atoms with Crippen molar-refractivity contribution >= 4 is 5.69 Å². The number of nitrogens with zero attached hydrogens (tertiary/aromatic N) is 2. The molecular formula is C10H15N3. The summed E-state index contributed by atoms with van der Waals surface area (Å²) in [6, 6.07) is 4.50. The monoisotopic (exact) mass is 177 g/mol. The first-order chi connectivity index (χ1) is 6.25. The summed E-state index contributed by atoms with van der Waals surface area (Å²) in [5.41, 5.74) is 8.16. The molecular weight excluding hydrogens is 162 g/mol. The highest BCUT2D eigenvalue weighted by atomic mass is 15.2. The van der Waals surface area contributed by atoms with Crippen LogP contribution in [0, 0.1) is 6.92 Å². The molecule has 1 unspecified atom stereocenters. The summed E-state index contributed by atoms with van der Waals surface area (Å²) in [5.74, 6) is 0. The number of aryl methyl sites for hydroxylation is 1. The predicted molar refractivity (Wildman–Crippen MR) is 53.8 cm³/mol. The molecule has 1 aliphatic rings.